The summed E-state index contributed by atoms with van der Waals surface area (Å²) in [6.07, 6.45) is -0.528. The highest BCUT2D eigenvalue weighted by molar-refractivity contribution is 7.88. The van der Waals surface area contributed by atoms with Gasteiger partial charge in [0.2, 0.25) is 33.7 Å². The van der Waals surface area contributed by atoms with Crippen molar-refractivity contribution >= 4 is 33.7 Å². The van der Waals surface area contributed by atoms with Crippen LogP contribution in [-0.2, 0) is 47.1 Å². The van der Waals surface area contributed by atoms with E-state index in [1.54, 1.807) is 27.7 Å². The molecule has 0 radical (unpaired) electrons. The zero-order valence-corrected chi connectivity index (χ0v) is 35.2. The highest BCUT2D eigenvalue weighted by Crippen LogP contribution is 2.36. The number of amides is 4. The second kappa shape index (κ2) is 21.5. The van der Waals surface area contributed by atoms with Gasteiger partial charge in [0.25, 0.3) is 0 Å². The largest absolute Gasteiger partial charge is 0.391 e. The van der Waals surface area contributed by atoms with Crippen LogP contribution in [0.15, 0.2) is 78.9 Å². The topological polar surface area (TPSA) is 183 Å². The second-order valence-corrected chi connectivity index (χ2v) is 17.8. The molecule has 1 aliphatic carbocycles. The number of halogens is 2. The molecule has 59 heavy (non-hydrogen) atoms. The first-order valence-electron chi connectivity index (χ1n) is 19.8. The number of benzene rings is 3. The van der Waals surface area contributed by atoms with Crippen LogP contribution in [0.4, 0.5) is 8.78 Å². The Morgan fingerprint density at radius 2 is 1.37 bits per heavy atom. The number of hydrogen-bond donors (Lipinski definition) is 5. The number of aliphatic hydroxyl groups is 1. The van der Waals surface area contributed by atoms with Crippen molar-refractivity contribution in [2.45, 2.75) is 90.4 Å². The van der Waals surface area contributed by atoms with Gasteiger partial charge < -0.3 is 31.1 Å². The summed E-state index contributed by atoms with van der Waals surface area (Å²) >= 11 is 0. The third kappa shape index (κ3) is 13.9. The SMILES string of the molecule is CC(C)[C@H](NC(=O)[C@H](C)C[C@H](O)[C@H](COCc1cc(F)cc(F)c1)NC(=O)C1C[C@@H](N(C)S(C)(=O)=O)C[C@H]1C(=O)N[C@H](C)c1ccccc1)C(=O)NCc1ccccc1. The molecule has 0 spiro atoms. The maximum Gasteiger partial charge on any atom is 0.243 e. The number of ether oxygens (including phenoxy) is 1. The summed E-state index contributed by atoms with van der Waals surface area (Å²) in [7, 11) is -2.31. The van der Waals surface area contributed by atoms with E-state index < -0.39 is 87.4 Å². The Balaban J connectivity index is 1.51. The first kappa shape index (κ1) is 46.9. The lowest BCUT2D eigenvalue weighted by Crippen LogP contribution is -2.53. The summed E-state index contributed by atoms with van der Waals surface area (Å²) in [5.74, 6) is -6.78. The van der Waals surface area contributed by atoms with Gasteiger partial charge in [0.1, 0.15) is 17.7 Å². The average molecular weight is 842 g/mol. The normalized spacial score (nSPS) is 19.3. The third-order valence-electron chi connectivity index (χ3n) is 10.8. The molecular formula is C43H57F2N5O8S. The molecule has 4 rings (SSSR count). The van der Waals surface area contributed by atoms with E-state index in [4.69, 9.17) is 4.74 Å². The first-order chi connectivity index (χ1) is 27.8. The van der Waals surface area contributed by atoms with Crippen LogP contribution in [0, 0.1) is 35.3 Å². The molecule has 0 bridgehead atoms. The van der Waals surface area contributed by atoms with E-state index in [9.17, 15) is 41.5 Å². The number of aliphatic hydroxyl groups excluding tert-OH is 1. The standard InChI is InChI=1S/C43H57F2N5O8S/c1-26(2)39(43(55)46-23-29-13-9-7-10-14-29)49-40(52)27(3)17-38(51)37(25-58-24-30-18-32(44)20-33(45)19-30)48-42(54)36-22-34(50(5)59(6,56)57)21-35(36)41(53)47-28(4)31-15-11-8-12-16-31/h7-16,18-20,26-28,34-39,51H,17,21-25H2,1-6H3,(H,46,55)(H,47,53)(H,48,54)(H,49,52)/t27-,28-,34+,35-,36?,37+,38+,39+/m1/s1. The minimum Gasteiger partial charge on any atom is -0.391 e. The first-order valence-corrected chi connectivity index (χ1v) is 21.6. The fourth-order valence-corrected chi connectivity index (χ4v) is 7.91. The number of carbonyl (C=O) groups excluding carboxylic acids is 4. The number of nitrogens with zero attached hydrogens (tertiary/aromatic N) is 1. The van der Waals surface area contributed by atoms with Crippen molar-refractivity contribution in [2.75, 3.05) is 19.9 Å². The fraction of sp³-hybridized carbons (Fsp3) is 0.488. The molecule has 322 valence electrons. The summed E-state index contributed by atoms with van der Waals surface area (Å²) in [4.78, 5) is 54.7. The van der Waals surface area contributed by atoms with Crippen LogP contribution in [0.2, 0.25) is 0 Å². The Bertz CT molecular complexity index is 1970. The van der Waals surface area contributed by atoms with Crippen molar-refractivity contribution in [2.24, 2.45) is 23.7 Å². The van der Waals surface area contributed by atoms with Crippen molar-refractivity contribution in [3.05, 3.63) is 107 Å². The second-order valence-electron chi connectivity index (χ2n) is 15.8. The number of sulfonamides is 1. The van der Waals surface area contributed by atoms with Crippen LogP contribution in [-0.4, -0.2) is 85.6 Å². The van der Waals surface area contributed by atoms with E-state index in [2.05, 4.69) is 21.3 Å². The van der Waals surface area contributed by atoms with Crippen LogP contribution in [0.25, 0.3) is 0 Å². The molecule has 0 aromatic heterocycles. The molecule has 4 amide bonds. The van der Waals surface area contributed by atoms with Gasteiger partial charge in [-0.1, -0.05) is 81.4 Å². The van der Waals surface area contributed by atoms with Gasteiger partial charge in [-0.25, -0.2) is 21.5 Å². The molecule has 8 atom stereocenters. The molecule has 1 fully saturated rings. The van der Waals surface area contributed by atoms with Crippen LogP contribution < -0.4 is 21.3 Å². The maximum absolute atomic E-state index is 14.2. The summed E-state index contributed by atoms with van der Waals surface area (Å²) in [5, 5.41) is 23.0. The van der Waals surface area contributed by atoms with E-state index >= 15 is 0 Å². The molecule has 1 unspecified atom stereocenters. The molecule has 1 aliphatic rings. The highest BCUT2D eigenvalue weighted by Gasteiger charge is 2.46. The summed E-state index contributed by atoms with van der Waals surface area (Å²) in [6.45, 7) is 6.54. The van der Waals surface area contributed by atoms with E-state index in [0.717, 1.165) is 33.8 Å². The van der Waals surface area contributed by atoms with Gasteiger partial charge in [-0.15, -0.1) is 0 Å². The number of hydrogen-bond acceptors (Lipinski definition) is 8. The van der Waals surface area contributed by atoms with Gasteiger partial charge in [-0.2, -0.15) is 0 Å². The Kier molecular flexibility index (Phi) is 17.1. The van der Waals surface area contributed by atoms with Crippen molar-refractivity contribution in [3.8, 4) is 0 Å². The molecule has 1 saturated carbocycles. The van der Waals surface area contributed by atoms with Gasteiger partial charge >= 0.3 is 0 Å². The van der Waals surface area contributed by atoms with E-state index in [-0.39, 0.29) is 56.4 Å². The predicted octanol–water partition coefficient (Wildman–Crippen LogP) is 3.97. The van der Waals surface area contributed by atoms with E-state index in [1.165, 1.54) is 7.05 Å². The fourth-order valence-electron chi connectivity index (χ4n) is 7.20. The predicted molar refractivity (Wildman–Crippen MR) is 218 cm³/mol. The zero-order valence-electron chi connectivity index (χ0n) is 34.4. The summed E-state index contributed by atoms with van der Waals surface area (Å²) in [5.41, 5.74) is 1.87. The number of rotatable bonds is 20. The Morgan fingerprint density at radius 3 is 1.93 bits per heavy atom. The lowest BCUT2D eigenvalue weighted by atomic mass is 9.92. The lowest BCUT2D eigenvalue weighted by molar-refractivity contribution is -0.135. The molecular weight excluding hydrogens is 785 g/mol. The van der Waals surface area contributed by atoms with E-state index in [0.29, 0.717) is 6.07 Å². The van der Waals surface area contributed by atoms with Gasteiger partial charge in [-0.05, 0) is 60.9 Å². The Labute approximate surface area is 345 Å². The Hall–Kier alpha value is -4.77. The average Bonchev–Trinajstić information content (AvgIpc) is 3.64. The lowest BCUT2D eigenvalue weighted by Gasteiger charge is -2.29. The minimum absolute atomic E-state index is 0.00118. The number of carbonyl (C=O) groups is 4. The van der Waals surface area contributed by atoms with E-state index in [1.807, 2.05) is 60.7 Å². The van der Waals surface area contributed by atoms with Crippen LogP contribution >= 0.6 is 0 Å². The molecule has 0 saturated heterocycles. The van der Waals surface area contributed by atoms with Crippen molar-refractivity contribution < 1.29 is 46.2 Å². The Morgan fingerprint density at radius 1 is 0.814 bits per heavy atom. The molecule has 3 aromatic carbocycles. The monoisotopic (exact) mass is 841 g/mol. The van der Waals surface area contributed by atoms with Crippen molar-refractivity contribution in [3.63, 3.8) is 0 Å². The van der Waals surface area contributed by atoms with Crippen LogP contribution in [0.1, 0.15) is 69.7 Å². The zero-order chi connectivity index (χ0) is 43.4. The molecule has 5 N–H and O–H groups in total. The quantitative estimate of drug-likeness (QED) is 0.113. The minimum atomic E-state index is -3.70. The van der Waals surface area contributed by atoms with Gasteiger partial charge in [-0.3, -0.25) is 19.2 Å². The van der Waals surface area contributed by atoms with Crippen LogP contribution in [0.3, 0.4) is 0 Å². The summed E-state index contributed by atoms with van der Waals surface area (Å²) < 4.78 is 59.8. The molecule has 0 heterocycles. The van der Waals surface area contributed by atoms with Gasteiger partial charge in [0, 0.05) is 31.6 Å². The van der Waals surface area contributed by atoms with Crippen molar-refractivity contribution in [1.29, 1.82) is 0 Å². The van der Waals surface area contributed by atoms with Crippen LogP contribution in [0.5, 0.6) is 0 Å². The third-order valence-corrected chi connectivity index (χ3v) is 12.1. The van der Waals surface area contributed by atoms with Gasteiger partial charge in [0.15, 0.2) is 0 Å². The highest BCUT2D eigenvalue weighted by atomic mass is 32.2. The number of nitrogens with one attached hydrogen (secondary N) is 4. The molecule has 0 aliphatic heterocycles. The molecule has 16 heteroatoms. The molecule has 13 nitrogen and oxygen atoms in total. The smallest absolute Gasteiger partial charge is 0.243 e. The summed E-state index contributed by atoms with van der Waals surface area (Å²) in [6, 6.07) is 18.2. The van der Waals surface area contributed by atoms with Crippen molar-refractivity contribution in [1.82, 2.24) is 25.6 Å². The maximum atomic E-state index is 14.2. The molecule has 3 aromatic rings. The van der Waals surface area contributed by atoms with Gasteiger partial charge in [0.05, 0.1) is 49.5 Å².